The summed E-state index contributed by atoms with van der Waals surface area (Å²) >= 11 is 0. The number of sulfonamides is 1. The van der Waals surface area contributed by atoms with Crippen molar-refractivity contribution in [2.24, 2.45) is 0 Å². The molecule has 0 aliphatic carbocycles. The average molecular weight is 313 g/mol. The Balaban J connectivity index is 2.83. The van der Waals surface area contributed by atoms with Crippen LogP contribution in [0.5, 0.6) is 0 Å². The molecular weight excluding hydrogens is 290 g/mol. The molecule has 0 amide bonds. The van der Waals surface area contributed by atoms with Crippen LogP contribution in [0.15, 0.2) is 0 Å². The SMILES string of the molecule is CC(C)N(CCCO)S(=O)(=O)C1CCS(=O)(=O)CC1. The minimum atomic E-state index is -3.49. The van der Waals surface area contributed by atoms with E-state index in [0.717, 1.165) is 0 Å². The Morgan fingerprint density at radius 3 is 2.21 bits per heavy atom. The van der Waals surface area contributed by atoms with Crippen molar-refractivity contribution in [2.75, 3.05) is 24.7 Å². The molecule has 1 N–H and O–H groups in total. The highest BCUT2D eigenvalue weighted by molar-refractivity contribution is 7.92. The van der Waals surface area contributed by atoms with Crippen molar-refractivity contribution in [1.29, 1.82) is 0 Å². The summed E-state index contributed by atoms with van der Waals surface area (Å²) in [5, 5.41) is 8.23. The smallest absolute Gasteiger partial charge is 0.217 e. The third kappa shape index (κ3) is 4.40. The van der Waals surface area contributed by atoms with Gasteiger partial charge in [0.2, 0.25) is 10.0 Å². The van der Waals surface area contributed by atoms with Crippen LogP contribution >= 0.6 is 0 Å². The molecule has 0 aromatic carbocycles. The van der Waals surface area contributed by atoms with Crippen molar-refractivity contribution in [2.45, 2.75) is 44.4 Å². The van der Waals surface area contributed by atoms with E-state index >= 15 is 0 Å². The van der Waals surface area contributed by atoms with Gasteiger partial charge in [0.05, 0.1) is 16.8 Å². The van der Waals surface area contributed by atoms with E-state index in [9.17, 15) is 16.8 Å². The first-order chi connectivity index (χ1) is 8.70. The van der Waals surface area contributed by atoms with Gasteiger partial charge in [0.25, 0.3) is 0 Å². The van der Waals surface area contributed by atoms with Crippen molar-refractivity contribution in [1.82, 2.24) is 4.31 Å². The average Bonchev–Trinajstić information content (AvgIpc) is 2.28. The van der Waals surface area contributed by atoms with E-state index in [4.69, 9.17) is 5.11 Å². The van der Waals surface area contributed by atoms with E-state index in [2.05, 4.69) is 0 Å². The first kappa shape index (κ1) is 16.9. The Labute approximate surface area is 115 Å². The zero-order valence-electron chi connectivity index (χ0n) is 11.4. The molecule has 0 aromatic rings. The highest BCUT2D eigenvalue weighted by Gasteiger charge is 2.37. The van der Waals surface area contributed by atoms with Crippen LogP contribution in [-0.4, -0.2) is 62.2 Å². The monoisotopic (exact) mass is 313 g/mol. The first-order valence-electron chi connectivity index (χ1n) is 6.52. The van der Waals surface area contributed by atoms with Gasteiger partial charge in [-0.15, -0.1) is 0 Å². The van der Waals surface area contributed by atoms with Crippen LogP contribution in [0.2, 0.25) is 0 Å². The lowest BCUT2D eigenvalue weighted by Gasteiger charge is -2.31. The summed E-state index contributed by atoms with van der Waals surface area (Å²) in [6.45, 7) is 3.79. The topological polar surface area (TPSA) is 91.8 Å². The van der Waals surface area contributed by atoms with Crippen LogP contribution < -0.4 is 0 Å². The predicted molar refractivity (Wildman–Crippen MR) is 74.1 cm³/mol. The minimum Gasteiger partial charge on any atom is -0.396 e. The van der Waals surface area contributed by atoms with Crippen LogP contribution in [0, 0.1) is 0 Å². The standard InChI is InChI=1S/C11H23NO5S2/c1-10(2)12(6-3-7-13)19(16,17)11-4-8-18(14,15)9-5-11/h10-11,13H,3-9H2,1-2H3. The second-order valence-corrected chi connectivity index (χ2v) is 9.65. The number of hydrogen-bond donors (Lipinski definition) is 1. The van der Waals surface area contributed by atoms with E-state index in [-0.39, 0.29) is 43.5 Å². The van der Waals surface area contributed by atoms with Gasteiger partial charge in [-0.2, -0.15) is 4.31 Å². The van der Waals surface area contributed by atoms with Crippen LogP contribution in [0.4, 0.5) is 0 Å². The second-order valence-electron chi connectivity index (χ2n) is 5.18. The minimum absolute atomic E-state index is 0.0527. The molecule has 0 saturated carbocycles. The van der Waals surface area contributed by atoms with Crippen molar-refractivity contribution in [3.05, 3.63) is 0 Å². The molecule has 0 bridgehead atoms. The zero-order chi connectivity index (χ0) is 14.7. The summed E-state index contributed by atoms with van der Waals surface area (Å²) in [4.78, 5) is 0. The lowest BCUT2D eigenvalue weighted by atomic mass is 10.2. The molecule has 114 valence electrons. The Bertz CT molecular complexity index is 469. The maximum Gasteiger partial charge on any atom is 0.217 e. The van der Waals surface area contributed by atoms with Crippen molar-refractivity contribution in [3.63, 3.8) is 0 Å². The molecule has 0 atom stereocenters. The van der Waals surface area contributed by atoms with E-state index in [0.29, 0.717) is 6.42 Å². The Hall–Kier alpha value is -0.180. The first-order valence-corrected chi connectivity index (χ1v) is 9.85. The third-order valence-corrected chi connectivity index (χ3v) is 7.65. The summed E-state index contributed by atoms with van der Waals surface area (Å²) in [6.07, 6.45) is 0.739. The van der Waals surface area contributed by atoms with Gasteiger partial charge < -0.3 is 5.11 Å². The molecule has 1 aliphatic rings. The van der Waals surface area contributed by atoms with Crippen LogP contribution in [0.25, 0.3) is 0 Å². The molecular formula is C11H23NO5S2. The van der Waals surface area contributed by atoms with Crippen molar-refractivity contribution >= 4 is 19.9 Å². The number of hydrogen-bond acceptors (Lipinski definition) is 5. The molecule has 1 aliphatic heterocycles. The van der Waals surface area contributed by atoms with Gasteiger partial charge in [-0.1, -0.05) is 0 Å². The number of rotatable bonds is 6. The molecule has 1 saturated heterocycles. The molecule has 0 radical (unpaired) electrons. The molecule has 0 aromatic heterocycles. The Kier molecular flexibility index (Phi) is 5.78. The predicted octanol–water partition coefficient (Wildman–Crippen LogP) is -0.0138. The lowest BCUT2D eigenvalue weighted by molar-refractivity contribution is 0.257. The number of aliphatic hydroxyl groups is 1. The van der Waals surface area contributed by atoms with Gasteiger partial charge in [-0.3, -0.25) is 0 Å². The van der Waals surface area contributed by atoms with Crippen molar-refractivity contribution < 1.29 is 21.9 Å². The summed E-state index contributed by atoms with van der Waals surface area (Å²) < 4.78 is 49.1. The van der Waals surface area contributed by atoms with Gasteiger partial charge in [-0.05, 0) is 33.1 Å². The molecule has 8 heteroatoms. The molecule has 0 unspecified atom stereocenters. The van der Waals surface area contributed by atoms with Gasteiger partial charge in [0.15, 0.2) is 0 Å². The fourth-order valence-electron chi connectivity index (χ4n) is 2.26. The molecule has 0 spiro atoms. The van der Waals surface area contributed by atoms with E-state index in [1.165, 1.54) is 4.31 Å². The highest BCUT2D eigenvalue weighted by Crippen LogP contribution is 2.24. The quantitative estimate of drug-likeness (QED) is 0.744. The van der Waals surface area contributed by atoms with Crippen LogP contribution in [0.3, 0.4) is 0 Å². The maximum absolute atomic E-state index is 12.5. The highest BCUT2D eigenvalue weighted by atomic mass is 32.2. The number of sulfone groups is 1. The summed E-state index contributed by atoms with van der Waals surface area (Å²) in [5.74, 6) is -0.105. The fourth-order valence-corrected chi connectivity index (χ4v) is 6.24. The van der Waals surface area contributed by atoms with Gasteiger partial charge in [0.1, 0.15) is 9.84 Å². The number of nitrogens with zero attached hydrogens (tertiary/aromatic N) is 1. The Morgan fingerprint density at radius 2 is 1.79 bits per heavy atom. The molecule has 1 rings (SSSR count). The molecule has 19 heavy (non-hydrogen) atoms. The molecule has 1 fully saturated rings. The summed E-state index contributed by atoms with van der Waals surface area (Å²) in [6, 6.07) is -0.185. The normalized spacial score (nSPS) is 21.1. The van der Waals surface area contributed by atoms with Gasteiger partial charge in [0, 0.05) is 19.2 Å². The zero-order valence-corrected chi connectivity index (χ0v) is 13.1. The van der Waals surface area contributed by atoms with Crippen molar-refractivity contribution in [3.8, 4) is 0 Å². The van der Waals surface area contributed by atoms with E-state index < -0.39 is 25.1 Å². The summed E-state index contributed by atoms with van der Waals surface area (Å²) in [5.41, 5.74) is 0. The van der Waals surface area contributed by atoms with E-state index in [1.807, 2.05) is 0 Å². The summed E-state index contributed by atoms with van der Waals surface area (Å²) in [7, 11) is -6.55. The number of aliphatic hydroxyl groups excluding tert-OH is 1. The van der Waals surface area contributed by atoms with Gasteiger partial charge in [-0.25, -0.2) is 16.8 Å². The third-order valence-electron chi connectivity index (χ3n) is 3.36. The van der Waals surface area contributed by atoms with E-state index in [1.54, 1.807) is 13.8 Å². The lowest BCUT2D eigenvalue weighted by Crippen LogP contribution is -2.46. The van der Waals surface area contributed by atoms with Gasteiger partial charge >= 0.3 is 0 Å². The second kappa shape index (κ2) is 6.51. The molecule has 1 heterocycles. The largest absolute Gasteiger partial charge is 0.396 e. The fraction of sp³-hybridized carbons (Fsp3) is 1.00. The van der Waals surface area contributed by atoms with Crippen LogP contribution in [0.1, 0.15) is 33.1 Å². The maximum atomic E-state index is 12.5. The Morgan fingerprint density at radius 1 is 1.26 bits per heavy atom. The van der Waals surface area contributed by atoms with Crippen LogP contribution in [-0.2, 0) is 19.9 Å². The molecule has 6 nitrogen and oxygen atoms in total.